The van der Waals surface area contributed by atoms with Crippen LogP contribution in [0.5, 0.6) is 0 Å². The quantitative estimate of drug-likeness (QED) is 0.142. The summed E-state index contributed by atoms with van der Waals surface area (Å²) in [6, 6.07) is 57.6. The molecule has 0 radical (unpaired) electrons. The second-order valence-corrected chi connectivity index (χ2v) is 23.5. The Morgan fingerprint density at radius 1 is 0.194 bits per heavy atom. The average molecular weight is 905 g/mol. The molecule has 6 aromatic heterocycles. The van der Waals surface area contributed by atoms with E-state index in [4.69, 9.17) is 0 Å². The molecular weight excluding hydrogens is 865 g/mol. The summed E-state index contributed by atoms with van der Waals surface area (Å²) in [7, 11) is 0. The Morgan fingerprint density at radius 2 is 0.387 bits per heavy atom. The molecule has 1 aliphatic heterocycles. The molecule has 0 amide bonds. The Hall–Kier alpha value is -4.92. The topological polar surface area (TPSA) is 0 Å². The summed E-state index contributed by atoms with van der Waals surface area (Å²) in [6.07, 6.45) is 8.23. The fourth-order valence-corrected chi connectivity index (χ4v) is 16.3. The third-order valence-corrected chi connectivity index (χ3v) is 20.5. The Labute approximate surface area is 387 Å². The molecule has 0 fully saturated rings. The molecule has 0 saturated carbocycles. The molecule has 10 aromatic rings. The number of aryl methyl sites for hydroxylation is 8. The van der Waals surface area contributed by atoms with E-state index in [0.717, 1.165) is 51.4 Å². The van der Waals surface area contributed by atoms with Crippen molar-refractivity contribution in [1.82, 2.24) is 0 Å². The largest absolute Gasteiger partial charge is 0.134 e. The molecular formula is C56H40S6. The van der Waals surface area contributed by atoms with E-state index in [1.54, 1.807) is 0 Å². The van der Waals surface area contributed by atoms with Gasteiger partial charge >= 0.3 is 0 Å². The van der Waals surface area contributed by atoms with Crippen LogP contribution in [0, 0.1) is 0 Å². The molecule has 8 aliphatic carbocycles. The molecule has 4 aromatic carbocycles. The highest BCUT2D eigenvalue weighted by molar-refractivity contribution is 7.28. The maximum atomic E-state index is 2.50. The van der Waals surface area contributed by atoms with Gasteiger partial charge in [-0.2, -0.15) is 0 Å². The minimum absolute atomic E-state index is 1.02. The van der Waals surface area contributed by atoms with E-state index in [9.17, 15) is 0 Å². The lowest BCUT2D eigenvalue weighted by Gasteiger charge is -2.16. The van der Waals surface area contributed by atoms with E-state index >= 15 is 0 Å². The maximum Gasteiger partial charge on any atom is 0.0449 e. The lowest BCUT2D eigenvalue weighted by Crippen LogP contribution is -2.01. The van der Waals surface area contributed by atoms with Gasteiger partial charge in [0.1, 0.15) is 0 Å². The number of benzene rings is 4. The van der Waals surface area contributed by atoms with Gasteiger partial charge in [-0.1, -0.05) is 72.8 Å². The van der Waals surface area contributed by atoms with Gasteiger partial charge in [-0.15, -0.1) is 68.0 Å². The SMILES string of the molecule is c1cc2c3cc1CCc1ccc(c(c1)-c1ccc(s1)-c1ccc(s1)-c1ccc(s1)-c1cc4ccc1CCc1ccc(cc1-c1ccc(s1)-c1ccc(s1)-c1ccc-3s1)CC4)CC2. The van der Waals surface area contributed by atoms with Crippen LogP contribution in [-0.4, -0.2) is 0 Å². The highest BCUT2D eigenvalue weighted by atomic mass is 32.1. The van der Waals surface area contributed by atoms with E-state index in [0.29, 0.717) is 0 Å². The fourth-order valence-electron chi connectivity index (χ4n) is 9.69. The Bertz CT molecular complexity index is 2890. The van der Waals surface area contributed by atoms with Gasteiger partial charge in [-0.3, -0.25) is 0 Å². The number of fused-ring (bicyclic) bond motifs is 16. The lowest BCUT2D eigenvalue weighted by molar-refractivity contribution is 0.926. The summed E-state index contributed by atoms with van der Waals surface area (Å²) >= 11 is 11.7. The van der Waals surface area contributed by atoms with E-state index in [1.165, 1.54) is 125 Å². The van der Waals surface area contributed by atoms with E-state index in [1.807, 2.05) is 68.0 Å². The Balaban J connectivity index is 0.935. The summed E-state index contributed by atoms with van der Waals surface area (Å²) in [5.74, 6) is 0. The first-order valence-corrected chi connectivity index (χ1v) is 26.6. The van der Waals surface area contributed by atoms with Crippen LogP contribution in [0.25, 0.3) is 80.8 Å². The molecule has 24 bridgehead atoms. The maximum absolute atomic E-state index is 2.50. The van der Waals surface area contributed by atoms with Crippen LogP contribution in [0.3, 0.4) is 0 Å². The fraction of sp³-hybridized carbons (Fsp3) is 0.143. The molecule has 9 aliphatic rings. The lowest BCUT2D eigenvalue weighted by atomic mass is 9.90. The molecule has 0 nitrogen and oxygen atoms in total. The zero-order chi connectivity index (χ0) is 40.7. The average Bonchev–Trinajstić information content (AvgIpc) is 4.15. The van der Waals surface area contributed by atoms with E-state index in [2.05, 4.69) is 146 Å². The Kier molecular flexibility index (Phi) is 9.35. The monoisotopic (exact) mass is 904 g/mol. The predicted molar refractivity (Wildman–Crippen MR) is 273 cm³/mol. The standard InChI is InChI=1S/C56H40S6/c1-2-34-6-10-38-14-13-37-9-5-33(1)29-41(37)45-17-21-49(57-45)53-25-26-55(61-53)51-23-19-47(59-51)43-31-35-3-4-36-8-12-40(16-15-39(43)11-7-35)44(32-36)48-20-24-52(60-48)56-28-27-54(62-56)50-22-18-46(58-50)42(38)30-34/h5-12,17-32H,1-4,13-16H2. The summed E-state index contributed by atoms with van der Waals surface area (Å²) in [6.45, 7) is 0. The summed E-state index contributed by atoms with van der Waals surface area (Å²) in [4.78, 5) is 16.4. The third kappa shape index (κ3) is 6.87. The van der Waals surface area contributed by atoms with E-state index < -0.39 is 0 Å². The van der Waals surface area contributed by atoms with Crippen LogP contribution >= 0.6 is 68.0 Å². The van der Waals surface area contributed by atoms with Crippen molar-refractivity contribution in [3.63, 3.8) is 0 Å². The molecule has 0 spiro atoms. The first kappa shape index (κ1) is 37.6. The van der Waals surface area contributed by atoms with Crippen molar-refractivity contribution in [2.75, 3.05) is 0 Å². The van der Waals surface area contributed by atoms with Crippen molar-refractivity contribution in [2.24, 2.45) is 0 Å². The summed E-state index contributed by atoms with van der Waals surface area (Å²) < 4.78 is 0. The number of thiophene rings is 6. The van der Waals surface area contributed by atoms with Gasteiger partial charge in [0.2, 0.25) is 0 Å². The summed E-state index contributed by atoms with van der Waals surface area (Å²) in [5, 5.41) is 0. The van der Waals surface area contributed by atoms with Gasteiger partial charge in [0.25, 0.3) is 0 Å². The van der Waals surface area contributed by atoms with Crippen molar-refractivity contribution in [3.05, 3.63) is 190 Å². The number of hydrogen-bond acceptors (Lipinski definition) is 6. The molecule has 0 N–H and O–H groups in total. The van der Waals surface area contributed by atoms with Crippen LogP contribution in [0.4, 0.5) is 0 Å². The molecule has 6 heteroatoms. The Morgan fingerprint density at radius 3 is 0.613 bits per heavy atom. The first-order valence-electron chi connectivity index (χ1n) is 21.7. The highest BCUT2D eigenvalue weighted by Gasteiger charge is 2.20. The van der Waals surface area contributed by atoms with Crippen LogP contribution < -0.4 is 0 Å². The number of hydrogen-bond donors (Lipinski definition) is 0. The summed E-state index contributed by atoms with van der Waals surface area (Å²) in [5.41, 5.74) is 17.1. The van der Waals surface area contributed by atoms with Crippen molar-refractivity contribution >= 4 is 68.0 Å². The molecule has 300 valence electrons. The minimum atomic E-state index is 1.02. The zero-order valence-corrected chi connectivity index (χ0v) is 38.9. The molecule has 0 saturated heterocycles. The van der Waals surface area contributed by atoms with Gasteiger partial charge in [0.05, 0.1) is 0 Å². The first-order chi connectivity index (χ1) is 30.6. The van der Waals surface area contributed by atoms with E-state index in [-0.39, 0.29) is 0 Å². The smallest absolute Gasteiger partial charge is 0.0449 e. The van der Waals surface area contributed by atoms with Crippen LogP contribution in [0.2, 0.25) is 0 Å². The second kappa shape index (κ2) is 15.4. The zero-order valence-electron chi connectivity index (χ0n) is 34.0. The molecule has 19 rings (SSSR count). The predicted octanol–water partition coefficient (Wildman–Crippen LogP) is 17.5. The minimum Gasteiger partial charge on any atom is -0.134 e. The van der Waals surface area contributed by atoms with Crippen LogP contribution in [0.15, 0.2) is 146 Å². The second-order valence-electron chi connectivity index (χ2n) is 16.9. The third-order valence-electron chi connectivity index (χ3n) is 13.1. The van der Waals surface area contributed by atoms with Gasteiger partial charge < -0.3 is 0 Å². The molecule has 7 heterocycles. The molecule has 0 atom stereocenters. The van der Waals surface area contributed by atoms with Crippen molar-refractivity contribution in [3.8, 4) is 80.8 Å². The van der Waals surface area contributed by atoms with Gasteiger partial charge in [-0.25, -0.2) is 0 Å². The van der Waals surface area contributed by atoms with Crippen molar-refractivity contribution < 1.29 is 0 Å². The molecule has 62 heavy (non-hydrogen) atoms. The van der Waals surface area contributed by atoms with Gasteiger partial charge in [0, 0.05) is 58.5 Å². The number of rotatable bonds is 0. The van der Waals surface area contributed by atoms with Crippen LogP contribution in [-0.2, 0) is 51.4 Å². The van der Waals surface area contributed by atoms with Crippen molar-refractivity contribution in [2.45, 2.75) is 51.4 Å². The van der Waals surface area contributed by atoms with Gasteiger partial charge in [-0.05, 0) is 191 Å². The van der Waals surface area contributed by atoms with Gasteiger partial charge in [0.15, 0.2) is 0 Å². The van der Waals surface area contributed by atoms with Crippen LogP contribution in [0.1, 0.15) is 44.5 Å². The normalized spacial score (nSPS) is 13.9. The molecule has 0 unspecified atom stereocenters. The highest BCUT2D eigenvalue weighted by Crippen LogP contribution is 2.47. The van der Waals surface area contributed by atoms with Crippen molar-refractivity contribution in [1.29, 1.82) is 0 Å².